The van der Waals surface area contributed by atoms with E-state index in [2.05, 4.69) is 483 Å². The number of terminal acetylenes is 2. The second kappa shape index (κ2) is 37.8. The van der Waals surface area contributed by atoms with E-state index < -0.39 is 16.1 Å². The molecule has 141 heavy (non-hydrogen) atoms. The van der Waals surface area contributed by atoms with E-state index in [0.29, 0.717) is 0 Å². The van der Waals surface area contributed by atoms with Gasteiger partial charge in [0.25, 0.3) is 0 Å². The molecule has 27 rings (SSSR count). The zero-order valence-corrected chi connectivity index (χ0v) is 84.9. The summed E-state index contributed by atoms with van der Waals surface area (Å²) in [6.45, 7) is 13.3. The van der Waals surface area contributed by atoms with Gasteiger partial charge >= 0.3 is 29.6 Å². The molecular formula is C130H95BrN5NaO2Si2. The van der Waals surface area contributed by atoms with Gasteiger partial charge in [-0.25, -0.2) is 0 Å². The van der Waals surface area contributed by atoms with Crippen LogP contribution in [0.15, 0.2) is 447 Å². The van der Waals surface area contributed by atoms with Crippen LogP contribution < -0.4 is 29.6 Å². The number of para-hydroxylation sites is 10. The van der Waals surface area contributed by atoms with Crippen LogP contribution in [0.5, 0.6) is 0 Å². The maximum atomic E-state index is 13.7. The normalized spacial score (nSPS) is 12.4. The molecule has 668 valence electrons. The monoisotopic (exact) mass is 1920 g/mol. The minimum absolute atomic E-state index is 0. The van der Waals surface area contributed by atoms with E-state index >= 15 is 0 Å². The number of benzene rings is 19. The van der Waals surface area contributed by atoms with Crippen molar-refractivity contribution in [2.24, 2.45) is 0 Å². The summed E-state index contributed by atoms with van der Waals surface area (Å²) < 4.78 is 12.9. The fourth-order valence-electron chi connectivity index (χ4n) is 21.2. The van der Waals surface area contributed by atoms with Gasteiger partial charge in [-0.3, -0.25) is 4.79 Å². The Hall–Kier alpha value is -15.9. The molecule has 0 unspecified atom stereocenters. The first-order valence-corrected chi connectivity index (χ1v) is 55.2. The summed E-state index contributed by atoms with van der Waals surface area (Å²) in [7, 11) is -2.66. The fraction of sp³-hybridized carbons (Fsp3) is 0.0538. The summed E-state index contributed by atoms with van der Waals surface area (Å²) >= 11 is 3.84. The van der Waals surface area contributed by atoms with E-state index in [-0.39, 0.29) is 46.7 Å². The molecule has 1 N–H and O–H groups in total. The van der Waals surface area contributed by atoms with Crippen LogP contribution in [-0.2, 0) is 4.79 Å². The van der Waals surface area contributed by atoms with Crippen LogP contribution in [0.4, 0.5) is 0 Å². The van der Waals surface area contributed by atoms with Crippen molar-refractivity contribution in [1.82, 2.24) is 22.8 Å². The van der Waals surface area contributed by atoms with Gasteiger partial charge in [-0.15, -0.1) is 23.9 Å². The van der Waals surface area contributed by atoms with E-state index in [0.717, 1.165) is 71.8 Å². The molecule has 0 radical (unpaired) electrons. The number of rotatable bonds is 8. The molecule has 19 aromatic carbocycles. The van der Waals surface area contributed by atoms with Crippen molar-refractivity contribution in [2.45, 2.75) is 45.2 Å². The maximum absolute atomic E-state index is 13.7. The zero-order valence-electron chi connectivity index (χ0n) is 79.3. The average molecular weight is 1920 g/mol. The number of nitrogens with zero attached hydrogens (tertiary/aromatic N) is 5. The zero-order chi connectivity index (χ0) is 94.3. The first kappa shape index (κ1) is 91.6. The van der Waals surface area contributed by atoms with Crippen LogP contribution in [0.1, 0.15) is 56.0 Å². The predicted octanol–water partition coefficient (Wildman–Crippen LogP) is 30.3. The number of ketones is 1. The van der Waals surface area contributed by atoms with Crippen molar-refractivity contribution in [1.29, 1.82) is 0 Å². The summed E-state index contributed by atoms with van der Waals surface area (Å²) in [5.74, 6) is 6.81. The van der Waals surface area contributed by atoms with Crippen molar-refractivity contribution in [3.8, 4) is 75.3 Å². The van der Waals surface area contributed by atoms with Crippen molar-refractivity contribution >= 4 is 180 Å². The van der Waals surface area contributed by atoms with Crippen molar-refractivity contribution in [2.75, 3.05) is 0 Å². The Labute approximate surface area is 853 Å². The molecule has 0 bridgehead atoms. The Morgan fingerprint density at radius 1 is 0.277 bits per heavy atom. The molecule has 3 aliphatic rings. The molecule has 0 fully saturated rings. The van der Waals surface area contributed by atoms with E-state index in [4.69, 9.17) is 12.8 Å². The number of allylic oxidation sites excluding steroid dienone is 4. The Morgan fingerprint density at radius 2 is 0.539 bits per heavy atom. The van der Waals surface area contributed by atoms with E-state index in [1.165, 1.54) is 164 Å². The second-order valence-corrected chi connectivity index (χ2v) is 48.4. The number of hydrogen-bond donors (Lipinski definition) is 0. The number of fused-ring (bicyclic) bond motifs is 21. The first-order chi connectivity index (χ1) is 68.0. The third kappa shape index (κ3) is 16.5. The van der Waals surface area contributed by atoms with Crippen LogP contribution in [0.2, 0.25) is 39.3 Å². The number of carbonyl (C=O) groups is 1. The van der Waals surface area contributed by atoms with Gasteiger partial charge in [-0.1, -0.05) is 395 Å². The van der Waals surface area contributed by atoms with Crippen molar-refractivity contribution in [3.63, 3.8) is 0 Å². The molecule has 0 saturated carbocycles. The van der Waals surface area contributed by atoms with Gasteiger partial charge in [-0.2, -0.15) is 0 Å². The predicted molar refractivity (Wildman–Crippen MR) is 599 cm³/mol. The molecule has 5 heterocycles. The molecule has 24 aromatic rings. The number of halogens is 1. The van der Waals surface area contributed by atoms with E-state index in [1.807, 2.05) is 60.7 Å². The summed E-state index contributed by atoms with van der Waals surface area (Å²) in [6.07, 6.45) is 11.1. The molecule has 7 nitrogen and oxygen atoms in total. The molecular weight excluding hydrogens is 1820 g/mol. The Balaban J connectivity index is 0.000000109. The van der Waals surface area contributed by atoms with Gasteiger partial charge in [0.2, 0.25) is 0 Å². The Morgan fingerprint density at radius 3 is 0.830 bits per heavy atom. The topological polar surface area (TPSA) is 71.7 Å². The van der Waals surface area contributed by atoms with Crippen LogP contribution in [0, 0.1) is 35.8 Å². The van der Waals surface area contributed by atoms with Gasteiger partial charge in [0.15, 0.2) is 5.78 Å². The molecule has 0 saturated heterocycles. The van der Waals surface area contributed by atoms with Gasteiger partial charge in [0.1, 0.15) is 16.1 Å². The number of carbonyl (C=O) groups excluding carboxylic acids is 1. The summed E-state index contributed by atoms with van der Waals surface area (Å²) in [6, 6.07) is 157. The maximum Gasteiger partial charge on any atom is 1.00 e. The Bertz CT molecular complexity index is 8720. The fourth-order valence-corrected chi connectivity index (χ4v) is 22.2. The van der Waals surface area contributed by atoms with Gasteiger partial charge in [0, 0.05) is 126 Å². The van der Waals surface area contributed by atoms with Crippen molar-refractivity contribution in [3.05, 3.63) is 497 Å². The molecule has 0 atom stereocenters. The average Bonchev–Trinajstić information content (AvgIpc) is 1.53. The van der Waals surface area contributed by atoms with Crippen LogP contribution in [0.3, 0.4) is 0 Å². The van der Waals surface area contributed by atoms with Gasteiger partial charge < -0.3 is 28.3 Å². The quantitative estimate of drug-likeness (QED) is 0.112. The summed E-state index contributed by atoms with van der Waals surface area (Å²) in [4.78, 5) is 13.7. The summed E-state index contributed by atoms with van der Waals surface area (Å²) in [5.41, 5.74) is 40.6. The van der Waals surface area contributed by atoms with Crippen LogP contribution in [0.25, 0.3) is 182 Å². The third-order valence-electron chi connectivity index (χ3n) is 27.0. The van der Waals surface area contributed by atoms with Gasteiger partial charge in [0.05, 0.1) is 55.2 Å². The smallest absolute Gasteiger partial charge is 0.870 e. The minimum atomic E-state index is -1.56. The number of Topliss-reactive ketones (excluding diaryl/α,β-unsaturated/α-hetero) is 1. The first-order valence-electron chi connectivity index (χ1n) is 47.4. The largest absolute Gasteiger partial charge is 1.00 e. The van der Waals surface area contributed by atoms with Crippen LogP contribution >= 0.6 is 15.9 Å². The molecule has 0 amide bonds. The van der Waals surface area contributed by atoms with E-state index in [1.54, 1.807) is 0 Å². The molecule has 3 aliphatic carbocycles. The van der Waals surface area contributed by atoms with Crippen molar-refractivity contribution < 1.29 is 39.8 Å². The second-order valence-electron chi connectivity index (χ2n) is 38.0. The number of hydrogen-bond acceptors (Lipinski definition) is 2. The summed E-state index contributed by atoms with van der Waals surface area (Å²) in [5, 5.41) is 15.1. The molecule has 11 heteroatoms. The molecule has 0 spiro atoms. The van der Waals surface area contributed by atoms with E-state index in [9.17, 15) is 4.79 Å². The third-order valence-corrected chi connectivity index (χ3v) is 29.2. The Kier molecular flexibility index (Phi) is 24.5. The van der Waals surface area contributed by atoms with Gasteiger partial charge in [-0.05, 0) is 176 Å². The molecule has 0 aliphatic heterocycles. The minimum Gasteiger partial charge on any atom is -0.870 e. The SMILES string of the molecule is Brc1cc(C2c3ccccc3-c3ccccc32)cc(-n2c3ccccc3c3ccccc32)c1.C#C[Si](C)(C)C.C#Cc1cc(-n2c3ccccc3c3ccccc32)cc(-n2c3ccccc3c3ccccc32)c1.C[Si](C)(C)C#Cc1cc(-n2c3ccccc3c3ccccc32)cc(-n2c3ccccc3c3ccccc32)c1.O=C1C(c2ccccc2)=C2C(=C1c1ccccc1)c1cccc3cccc2c13.[Na+].[OH-]. The number of aromatic nitrogens is 5. The van der Waals surface area contributed by atoms with Crippen LogP contribution in [-0.4, -0.2) is 50.2 Å². The molecule has 5 aromatic heterocycles. The standard InChI is InChI=1S/C35H28N2Si.C32H20N2.C31H20BrN.C27H16O.C5H10Si.Na.H2O/c1-38(2,3)21-20-25-22-26(36-32-16-8-4-12-28(32)29-13-5-9-17-33(29)36)24-27(23-25)37-34-18-10-6-14-30(34)31-15-7-11-19-35(31)37;1-2-22-19-23(33-29-15-7-3-11-25(29)26-12-4-8-16-30(26)33)21-24(20-22)34-31-17-9-5-13-27(31)28-14-6-10-18-32(28)34;32-21-17-20(31-27-13-3-1-9-23(27)24-10-2-4-14-28(24)31)18-22(19-21)33-29-15-7-5-11-25(29)26-12-6-8-16-30(26)33;28-27-23(18-9-3-1-4-10-18)25-20-15-7-13-17-14-8-16-21(22(17)20)26(25)24(27)19-11-5-2-6-12-19;1-5-6(2,3)4;;/h4-19,22-24H,1-3H3;1,3-21H;1-19,31H;1-16H;1H,2-4H3;;1H2/q;;;;;+1;/p-1.